The number of aromatic nitrogens is 1. The molecule has 1 aliphatic rings. The van der Waals surface area contributed by atoms with Gasteiger partial charge in [-0.05, 0) is 44.5 Å². The number of pyridine rings is 1. The molecule has 0 saturated carbocycles. The van der Waals surface area contributed by atoms with Crippen LogP contribution >= 0.6 is 0 Å². The largest absolute Gasteiger partial charge is 0.358 e. The molecule has 4 heteroatoms. The normalized spacial score (nSPS) is 16.8. The predicted octanol–water partition coefficient (Wildman–Crippen LogP) is 2.93. The Kier molecular flexibility index (Phi) is 5.36. The Bertz CT molecular complexity index is 757. The molecule has 1 aromatic carbocycles. The lowest BCUT2D eigenvalue weighted by molar-refractivity contribution is 0.147. The molecule has 0 aliphatic carbocycles. The van der Waals surface area contributed by atoms with Gasteiger partial charge in [-0.1, -0.05) is 19.4 Å². The molecule has 4 nitrogen and oxygen atoms in total. The molecule has 2 aromatic rings. The van der Waals surface area contributed by atoms with Crippen LogP contribution in [0.1, 0.15) is 36.6 Å². The van der Waals surface area contributed by atoms with E-state index >= 15 is 0 Å². The van der Waals surface area contributed by atoms with Crippen LogP contribution in [0.5, 0.6) is 0 Å². The molecule has 0 radical (unpaired) electrons. The van der Waals surface area contributed by atoms with Gasteiger partial charge in [0.15, 0.2) is 5.43 Å². The van der Waals surface area contributed by atoms with Crippen LogP contribution in [0.3, 0.4) is 0 Å². The first kappa shape index (κ1) is 17.2. The molecule has 1 fully saturated rings. The second-order valence-corrected chi connectivity index (χ2v) is 7.12. The smallest absolute Gasteiger partial charge is 0.194 e. The highest BCUT2D eigenvalue weighted by Crippen LogP contribution is 2.16. The molecule has 0 amide bonds. The summed E-state index contributed by atoms with van der Waals surface area (Å²) in [6.07, 6.45) is 3.40. The second kappa shape index (κ2) is 7.49. The van der Waals surface area contributed by atoms with E-state index in [2.05, 4.69) is 47.0 Å². The lowest BCUT2D eigenvalue weighted by atomic mass is 10.0. The lowest BCUT2D eigenvalue weighted by Gasteiger charge is -2.32. The fourth-order valence-electron chi connectivity index (χ4n) is 3.45. The number of piperazine rings is 1. The van der Waals surface area contributed by atoms with Crippen LogP contribution < -0.4 is 5.43 Å². The van der Waals surface area contributed by atoms with Gasteiger partial charge in [0.05, 0.1) is 0 Å². The summed E-state index contributed by atoms with van der Waals surface area (Å²) in [5.41, 5.74) is 4.37. The van der Waals surface area contributed by atoms with E-state index in [-0.39, 0.29) is 5.43 Å². The average molecular weight is 327 g/mol. The summed E-state index contributed by atoms with van der Waals surface area (Å²) in [5, 5.41) is 0.846. The molecule has 1 aliphatic heterocycles. The van der Waals surface area contributed by atoms with Crippen molar-refractivity contribution in [3.63, 3.8) is 0 Å². The van der Waals surface area contributed by atoms with Crippen molar-refractivity contribution >= 4 is 10.9 Å². The van der Waals surface area contributed by atoms with Gasteiger partial charge in [0.2, 0.25) is 0 Å². The monoisotopic (exact) mass is 327 g/mol. The van der Waals surface area contributed by atoms with E-state index in [0.717, 1.165) is 61.3 Å². The average Bonchev–Trinajstić information content (AvgIpc) is 2.58. The third kappa shape index (κ3) is 3.70. The topological polar surface area (TPSA) is 39.3 Å². The van der Waals surface area contributed by atoms with Crippen molar-refractivity contribution in [3.05, 3.63) is 45.2 Å². The fourth-order valence-corrected chi connectivity index (χ4v) is 3.45. The fraction of sp³-hybridized carbons (Fsp3) is 0.550. The van der Waals surface area contributed by atoms with Gasteiger partial charge in [-0.25, -0.2) is 0 Å². The van der Waals surface area contributed by atoms with E-state index in [1.54, 1.807) is 0 Å². The van der Waals surface area contributed by atoms with Crippen molar-refractivity contribution in [1.82, 2.24) is 14.8 Å². The Morgan fingerprint density at radius 2 is 1.92 bits per heavy atom. The minimum Gasteiger partial charge on any atom is -0.358 e. The van der Waals surface area contributed by atoms with E-state index in [1.165, 1.54) is 18.4 Å². The Balaban J connectivity index is 1.90. The van der Waals surface area contributed by atoms with Gasteiger partial charge in [-0.3, -0.25) is 9.69 Å². The predicted molar refractivity (Wildman–Crippen MR) is 101 cm³/mol. The van der Waals surface area contributed by atoms with Gasteiger partial charge >= 0.3 is 0 Å². The highest BCUT2D eigenvalue weighted by Gasteiger charge is 2.17. The maximum atomic E-state index is 13.1. The number of fused-ring (bicyclic) bond motifs is 1. The highest BCUT2D eigenvalue weighted by atomic mass is 16.1. The van der Waals surface area contributed by atoms with Crippen molar-refractivity contribution in [3.8, 4) is 0 Å². The first-order valence-corrected chi connectivity index (χ1v) is 9.13. The Hall–Kier alpha value is -1.65. The van der Waals surface area contributed by atoms with E-state index in [4.69, 9.17) is 0 Å². The van der Waals surface area contributed by atoms with Gasteiger partial charge in [0, 0.05) is 54.9 Å². The van der Waals surface area contributed by atoms with Crippen LogP contribution in [0.4, 0.5) is 0 Å². The zero-order valence-corrected chi connectivity index (χ0v) is 15.2. The number of unbranched alkanes of at least 4 members (excludes halogenated alkanes) is 1. The van der Waals surface area contributed by atoms with E-state index in [9.17, 15) is 4.79 Å². The number of aromatic amines is 1. The van der Waals surface area contributed by atoms with Crippen LogP contribution in [-0.2, 0) is 13.0 Å². The molecule has 0 unspecified atom stereocenters. The van der Waals surface area contributed by atoms with E-state index in [0.29, 0.717) is 0 Å². The third-order valence-corrected chi connectivity index (χ3v) is 5.17. The second-order valence-electron chi connectivity index (χ2n) is 7.12. The standard InChI is InChI=1S/C20H29N3O/c1-4-5-6-16-7-8-19-17(13-16)20(24)18(15(2)21-19)14-23-11-9-22(3)10-12-23/h7-8,13H,4-6,9-12,14H2,1-3H3,(H,21,24). The maximum Gasteiger partial charge on any atom is 0.194 e. The van der Waals surface area contributed by atoms with Crippen LogP contribution in [0, 0.1) is 6.92 Å². The molecule has 0 atom stereocenters. The number of rotatable bonds is 5. The van der Waals surface area contributed by atoms with Crippen LogP contribution in [-0.4, -0.2) is 48.0 Å². The summed E-state index contributed by atoms with van der Waals surface area (Å²) in [6, 6.07) is 6.30. The number of benzene rings is 1. The van der Waals surface area contributed by atoms with Gasteiger partial charge in [-0.2, -0.15) is 0 Å². The summed E-state index contributed by atoms with van der Waals surface area (Å²) in [6.45, 7) is 9.19. The number of nitrogens with one attached hydrogen (secondary N) is 1. The van der Waals surface area contributed by atoms with Gasteiger partial charge in [-0.15, -0.1) is 0 Å². The van der Waals surface area contributed by atoms with E-state index in [1.807, 2.05) is 6.92 Å². The summed E-state index contributed by atoms with van der Waals surface area (Å²) in [4.78, 5) is 21.2. The van der Waals surface area contributed by atoms with E-state index < -0.39 is 0 Å². The van der Waals surface area contributed by atoms with Gasteiger partial charge in [0.1, 0.15) is 0 Å². The summed E-state index contributed by atoms with van der Waals surface area (Å²) in [5.74, 6) is 0. The number of H-pyrrole nitrogens is 1. The Labute approximate surface area is 144 Å². The van der Waals surface area contributed by atoms with Crippen LogP contribution in [0.15, 0.2) is 23.0 Å². The summed E-state index contributed by atoms with van der Waals surface area (Å²) in [7, 11) is 2.16. The number of hydrogen-bond donors (Lipinski definition) is 1. The Morgan fingerprint density at radius 3 is 2.62 bits per heavy atom. The maximum absolute atomic E-state index is 13.1. The van der Waals surface area contributed by atoms with Crippen LogP contribution in [0.25, 0.3) is 10.9 Å². The first-order chi connectivity index (χ1) is 11.6. The molecule has 0 spiro atoms. The number of hydrogen-bond acceptors (Lipinski definition) is 3. The molecule has 2 heterocycles. The minimum atomic E-state index is 0.207. The summed E-state index contributed by atoms with van der Waals surface area (Å²) >= 11 is 0. The number of aryl methyl sites for hydroxylation is 2. The molecular weight excluding hydrogens is 298 g/mol. The van der Waals surface area contributed by atoms with Crippen molar-refractivity contribution in [2.75, 3.05) is 33.2 Å². The Morgan fingerprint density at radius 1 is 1.17 bits per heavy atom. The summed E-state index contributed by atoms with van der Waals surface area (Å²) < 4.78 is 0. The molecule has 1 N–H and O–H groups in total. The van der Waals surface area contributed by atoms with Crippen molar-refractivity contribution in [2.45, 2.75) is 39.7 Å². The van der Waals surface area contributed by atoms with Gasteiger partial charge in [0.25, 0.3) is 0 Å². The molecule has 130 valence electrons. The molecule has 24 heavy (non-hydrogen) atoms. The SMILES string of the molecule is CCCCc1ccc2[nH]c(C)c(CN3CCN(C)CC3)c(=O)c2c1. The molecule has 3 rings (SSSR count). The van der Waals surface area contributed by atoms with Crippen molar-refractivity contribution in [2.24, 2.45) is 0 Å². The minimum absolute atomic E-state index is 0.207. The molecule has 0 bridgehead atoms. The van der Waals surface area contributed by atoms with Crippen LogP contribution in [0.2, 0.25) is 0 Å². The number of likely N-dealkylation sites (N-methyl/N-ethyl adjacent to an activating group) is 1. The zero-order chi connectivity index (χ0) is 17.1. The number of nitrogens with zero attached hydrogens (tertiary/aromatic N) is 2. The molecular formula is C20H29N3O. The van der Waals surface area contributed by atoms with Crippen molar-refractivity contribution < 1.29 is 0 Å². The zero-order valence-electron chi connectivity index (χ0n) is 15.2. The first-order valence-electron chi connectivity index (χ1n) is 9.13. The molecule has 1 aromatic heterocycles. The van der Waals surface area contributed by atoms with Gasteiger partial charge < -0.3 is 9.88 Å². The quantitative estimate of drug-likeness (QED) is 0.918. The third-order valence-electron chi connectivity index (χ3n) is 5.17. The highest BCUT2D eigenvalue weighted by molar-refractivity contribution is 5.80. The lowest BCUT2D eigenvalue weighted by Crippen LogP contribution is -2.44. The van der Waals surface area contributed by atoms with Crippen molar-refractivity contribution in [1.29, 1.82) is 0 Å². The molecule has 1 saturated heterocycles.